The molecule has 130 valence electrons. The molecule has 1 atom stereocenters. The maximum Gasteiger partial charge on any atom is 0.239 e. The average Bonchev–Trinajstić information content (AvgIpc) is 3.11. The Labute approximate surface area is 149 Å². The lowest BCUT2D eigenvalue weighted by Gasteiger charge is -2.12. The number of para-hydroxylation sites is 3. The van der Waals surface area contributed by atoms with Crippen LogP contribution in [0.3, 0.4) is 0 Å². The van der Waals surface area contributed by atoms with Crippen LogP contribution < -0.4 is 10.6 Å². The first-order valence-corrected chi connectivity index (χ1v) is 8.38. The van der Waals surface area contributed by atoms with E-state index >= 15 is 0 Å². The van der Waals surface area contributed by atoms with Gasteiger partial charge in [-0.05, 0) is 31.2 Å². The lowest BCUT2D eigenvalue weighted by molar-refractivity contribution is -0.120. The Hall–Kier alpha value is -3.48. The molecule has 7 heteroatoms. The summed E-state index contributed by atoms with van der Waals surface area (Å²) in [6.07, 6.45) is 1.49. The fourth-order valence-electron chi connectivity index (χ4n) is 2.85. The van der Waals surface area contributed by atoms with Gasteiger partial charge < -0.3 is 15.6 Å². The van der Waals surface area contributed by atoms with Crippen LogP contribution in [0.4, 0.5) is 5.82 Å². The summed E-state index contributed by atoms with van der Waals surface area (Å²) in [5.74, 6) is 1.23. The van der Waals surface area contributed by atoms with E-state index in [2.05, 4.69) is 30.6 Å². The predicted molar refractivity (Wildman–Crippen MR) is 101 cm³/mol. The minimum Gasteiger partial charge on any atom is -0.360 e. The summed E-state index contributed by atoms with van der Waals surface area (Å²) in [4.78, 5) is 28.5. The fourth-order valence-corrected chi connectivity index (χ4v) is 2.85. The van der Waals surface area contributed by atoms with Gasteiger partial charge in [-0.25, -0.2) is 15.0 Å². The number of anilines is 1. The Morgan fingerprint density at radius 1 is 1.08 bits per heavy atom. The zero-order valence-corrected chi connectivity index (χ0v) is 14.2. The normalized spacial score (nSPS) is 12.2. The van der Waals surface area contributed by atoms with Crippen molar-refractivity contribution in [2.45, 2.75) is 13.0 Å². The summed E-state index contributed by atoms with van der Waals surface area (Å²) in [6.45, 7) is 2.02. The van der Waals surface area contributed by atoms with Gasteiger partial charge in [-0.15, -0.1) is 0 Å². The van der Waals surface area contributed by atoms with Crippen molar-refractivity contribution in [2.24, 2.45) is 0 Å². The summed E-state index contributed by atoms with van der Waals surface area (Å²) >= 11 is 0. The zero-order valence-electron chi connectivity index (χ0n) is 14.2. The molecular weight excluding hydrogens is 328 g/mol. The predicted octanol–water partition coefficient (Wildman–Crippen LogP) is 2.80. The number of rotatable bonds is 5. The number of nitrogens with one attached hydrogen (secondary N) is 3. The van der Waals surface area contributed by atoms with Crippen molar-refractivity contribution in [3.63, 3.8) is 0 Å². The van der Waals surface area contributed by atoms with Crippen molar-refractivity contribution in [1.29, 1.82) is 0 Å². The molecule has 0 radical (unpaired) electrons. The first-order chi connectivity index (χ1) is 12.7. The van der Waals surface area contributed by atoms with Crippen molar-refractivity contribution in [2.75, 3.05) is 11.9 Å². The summed E-state index contributed by atoms with van der Waals surface area (Å²) in [5, 5.41) is 6.90. The van der Waals surface area contributed by atoms with E-state index in [1.165, 1.54) is 6.33 Å². The van der Waals surface area contributed by atoms with Gasteiger partial charge in [0.1, 0.15) is 18.0 Å². The van der Waals surface area contributed by atoms with E-state index in [0.717, 1.165) is 27.8 Å². The zero-order chi connectivity index (χ0) is 17.9. The molecule has 26 heavy (non-hydrogen) atoms. The lowest BCUT2D eigenvalue weighted by Crippen LogP contribution is -2.32. The molecule has 0 fully saturated rings. The fraction of sp³-hybridized carbons (Fsp3) is 0.158. The van der Waals surface area contributed by atoms with Crippen LogP contribution >= 0.6 is 0 Å². The van der Waals surface area contributed by atoms with Crippen LogP contribution in [0.1, 0.15) is 18.8 Å². The Bertz CT molecular complexity index is 1040. The number of aromatic nitrogens is 4. The molecule has 1 unspecified atom stereocenters. The first-order valence-electron chi connectivity index (χ1n) is 8.38. The largest absolute Gasteiger partial charge is 0.360 e. The molecule has 3 N–H and O–H groups in total. The summed E-state index contributed by atoms with van der Waals surface area (Å²) in [7, 11) is 0. The van der Waals surface area contributed by atoms with Crippen LogP contribution in [0.25, 0.3) is 21.9 Å². The molecule has 2 aromatic heterocycles. The molecule has 0 bridgehead atoms. The number of carbonyl (C=O) groups is 1. The van der Waals surface area contributed by atoms with Gasteiger partial charge >= 0.3 is 0 Å². The number of aromatic amines is 1. The number of fused-ring (bicyclic) bond motifs is 2. The van der Waals surface area contributed by atoms with Crippen molar-refractivity contribution in [3.05, 3.63) is 60.7 Å². The van der Waals surface area contributed by atoms with Crippen LogP contribution in [0.15, 0.2) is 54.9 Å². The van der Waals surface area contributed by atoms with Crippen molar-refractivity contribution in [1.82, 2.24) is 25.3 Å². The van der Waals surface area contributed by atoms with Crippen molar-refractivity contribution < 1.29 is 4.79 Å². The second kappa shape index (κ2) is 6.79. The first kappa shape index (κ1) is 16.0. The molecule has 4 aromatic rings. The molecule has 4 rings (SSSR count). The van der Waals surface area contributed by atoms with Gasteiger partial charge in [0.05, 0.1) is 29.1 Å². The van der Waals surface area contributed by atoms with Gasteiger partial charge in [-0.2, -0.15) is 0 Å². The number of hydrogen-bond acceptors (Lipinski definition) is 5. The molecule has 1 amide bonds. The van der Waals surface area contributed by atoms with Gasteiger partial charge in [-0.3, -0.25) is 4.79 Å². The Morgan fingerprint density at radius 2 is 1.85 bits per heavy atom. The molecule has 2 heterocycles. The van der Waals surface area contributed by atoms with E-state index in [-0.39, 0.29) is 18.5 Å². The minimum absolute atomic E-state index is 0.117. The number of H-pyrrole nitrogens is 1. The standard InChI is InChI=1S/C19H18N6O/c1-12(18-24-15-8-4-5-9-16(15)25-18)23-17(26)10-20-19-13-6-2-3-7-14(13)21-11-22-19/h2-9,11-12H,10H2,1H3,(H,23,26)(H,24,25)(H,20,21,22). The monoisotopic (exact) mass is 346 g/mol. The third-order valence-corrected chi connectivity index (χ3v) is 4.15. The van der Waals surface area contributed by atoms with Crippen LogP contribution in [0.2, 0.25) is 0 Å². The minimum atomic E-state index is -0.223. The van der Waals surface area contributed by atoms with Crippen LogP contribution in [0, 0.1) is 0 Å². The highest BCUT2D eigenvalue weighted by Crippen LogP contribution is 2.18. The third kappa shape index (κ3) is 3.19. The molecule has 0 saturated carbocycles. The van der Waals surface area contributed by atoms with E-state index in [0.29, 0.717) is 5.82 Å². The summed E-state index contributed by atoms with van der Waals surface area (Å²) < 4.78 is 0. The van der Waals surface area contributed by atoms with E-state index in [9.17, 15) is 4.79 Å². The van der Waals surface area contributed by atoms with Crippen molar-refractivity contribution in [3.8, 4) is 0 Å². The smallest absolute Gasteiger partial charge is 0.239 e. The molecule has 0 saturated heterocycles. The Kier molecular flexibility index (Phi) is 4.18. The number of carbonyl (C=O) groups excluding carboxylic acids is 1. The average molecular weight is 346 g/mol. The third-order valence-electron chi connectivity index (χ3n) is 4.15. The molecule has 0 aliphatic carbocycles. The topological polar surface area (TPSA) is 95.6 Å². The number of hydrogen-bond donors (Lipinski definition) is 3. The van der Waals surface area contributed by atoms with E-state index in [1.54, 1.807) is 0 Å². The number of imidazole rings is 1. The Balaban J connectivity index is 1.42. The number of benzene rings is 2. The van der Waals surface area contributed by atoms with Gasteiger partial charge in [0, 0.05) is 5.39 Å². The van der Waals surface area contributed by atoms with Gasteiger partial charge in [0.2, 0.25) is 5.91 Å². The van der Waals surface area contributed by atoms with Crippen LogP contribution in [-0.4, -0.2) is 32.4 Å². The molecule has 0 aliphatic heterocycles. The van der Waals surface area contributed by atoms with Gasteiger partial charge in [0.25, 0.3) is 0 Å². The number of amides is 1. The highest BCUT2D eigenvalue weighted by molar-refractivity contribution is 5.90. The SMILES string of the molecule is CC(NC(=O)CNc1ncnc2ccccc12)c1nc2ccccc2[nH]1. The molecule has 0 aliphatic rings. The van der Waals surface area contributed by atoms with E-state index in [1.807, 2.05) is 55.5 Å². The van der Waals surface area contributed by atoms with E-state index in [4.69, 9.17) is 0 Å². The van der Waals surface area contributed by atoms with Gasteiger partial charge in [0.15, 0.2) is 0 Å². The highest BCUT2D eigenvalue weighted by atomic mass is 16.2. The lowest BCUT2D eigenvalue weighted by atomic mass is 10.2. The van der Waals surface area contributed by atoms with E-state index < -0.39 is 0 Å². The second-order valence-electron chi connectivity index (χ2n) is 6.02. The second-order valence-corrected chi connectivity index (χ2v) is 6.02. The molecule has 2 aromatic carbocycles. The highest BCUT2D eigenvalue weighted by Gasteiger charge is 2.14. The summed E-state index contributed by atoms with van der Waals surface area (Å²) in [6, 6.07) is 15.2. The maximum absolute atomic E-state index is 12.3. The van der Waals surface area contributed by atoms with Gasteiger partial charge in [-0.1, -0.05) is 24.3 Å². The van der Waals surface area contributed by atoms with Crippen LogP contribution in [-0.2, 0) is 4.79 Å². The Morgan fingerprint density at radius 3 is 2.69 bits per heavy atom. The molecule has 7 nitrogen and oxygen atoms in total. The summed E-state index contributed by atoms with van der Waals surface area (Å²) in [5.41, 5.74) is 2.67. The van der Waals surface area contributed by atoms with Crippen molar-refractivity contribution >= 4 is 33.7 Å². The molecular formula is C19H18N6O. The quantitative estimate of drug-likeness (QED) is 0.516. The molecule has 0 spiro atoms. The van der Waals surface area contributed by atoms with Crippen LogP contribution in [0.5, 0.6) is 0 Å². The maximum atomic E-state index is 12.3. The number of nitrogens with zero attached hydrogens (tertiary/aromatic N) is 3.